The average molecular weight is 300 g/mol. The summed E-state index contributed by atoms with van der Waals surface area (Å²) >= 11 is 0. The van der Waals surface area contributed by atoms with Crippen molar-refractivity contribution in [3.63, 3.8) is 0 Å². The van der Waals surface area contributed by atoms with Crippen LogP contribution in [-0.2, 0) is 14.8 Å². The Bertz CT molecular complexity index is 603. The first-order valence-electron chi connectivity index (χ1n) is 6.42. The summed E-state index contributed by atoms with van der Waals surface area (Å²) < 4.78 is 39.9. The minimum absolute atomic E-state index is 0.0698. The first-order chi connectivity index (χ1) is 9.38. The van der Waals surface area contributed by atoms with Gasteiger partial charge in [-0.25, -0.2) is 17.5 Å². The average Bonchev–Trinajstić information content (AvgIpc) is 2.38. The Morgan fingerprint density at radius 3 is 2.85 bits per heavy atom. The maximum Gasteiger partial charge on any atom is 0.240 e. The van der Waals surface area contributed by atoms with Gasteiger partial charge in [0.1, 0.15) is 5.82 Å². The van der Waals surface area contributed by atoms with Crippen molar-refractivity contribution >= 4 is 15.9 Å². The molecule has 1 heterocycles. The largest absolute Gasteiger partial charge is 0.341 e. The normalized spacial score (nSPS) is 19.9. The van der Waals surface area contributed by atoms with E-state index in [-0.39, 0.29) is 16.8 Å². The molecule has 1 unspecified atom stereocenters. The molecule has 1 amide bonds. The smallest absolute Gasteiger partial charge is 0.240 e. The van der Waals surface area contributed by atoms with Crippen molar-refractivity contribution in [2.75, 3.05) is 13.1 Å². The van der Waals surface area contributed by atoms with Crippen LogP contribution in [0.25, 0.3) is 0 Å². The standard InChI is InChI=1S/C13H17FN2O3S/c1-10(17)16-7-3-5-12(9-16)15-20(18,19)13-6-2-4-11(14)8-13/h2,4,6,8,12,15H,3,5,7,9H2,1H3. The number of nitrogens with one attached hydrogen (secondary N) is 1. The zero-order chi connectivity index (χ0) is 14.8. The number of carbonyl (C=O) groups is 1. The fourth-order valence-corrected chi connectivity index (χ4v) is 3.57. The molecule has 1 N–H and O–H groups in total. The Hall–Kier alpha value is -1.47. The van der Waals surface area contributed by atoms with Crippen LogP contribution in [0.3, 0.4) is 0 Å². The lowest BCUT2D eigenvalue weighted by atomic mass is 10.1. The van der Waals surface area contributed by atoms with Crippen LogP contribution in [0.15, 0.2) is 29.2 Å². The third kappa shape index (κ3) is 3.55. The molecule has 0 aromatic heterocycles. The summed E-state index contributed by atoms with van der Waals surface area (Å²) in [4.78, 5) is 12.8. The minimum atomic E-state index is -3.76. The fraction of sp³-hybridized carbons (Fsp3) is 0.462. The highest BCUT2D eigenvalue weighted by Gasteiger charge is 2.26. The maximum absolute atomic E-state index is 13.1. The number of rotatable bonds is 3. The molecule has 1 aromatic rings. The number of amides is 1. The Balaban J connectivity index is 2.10. The van der Waals surface area contributed by atoms with E-state index >= 15 is 0 Å². The summed E-state index contributed by atoms with van der Waals surface area (Å²) in [5, 5.41) is 0. The molecule has 1 saturated heterocycles. The molecule has 0 spiro atoms. The third-order valence-electron chi connectivity index (χ3n) is 3.29. The molecule has 1 aromatic carbocycles. The van der Waals surface area contributed by atoms with E-state index in [9.17, 15) is 17.6 Å². The summed E-state index contributed by atoms with van der Waals surface area (Å²) in [6.45, 7) is 2.46. The van der Waals surface area contributed by atoms with Gasteiger partial charge in [0.2, 0.25) is 15.9 Å². The Labute approximate surface area is 117 Å². The van der Waals surface area contributed by atoms with Crippen LogP contribution in [0, 0.1) is 5.82 Å². The second kappa shape index (κ2) is 5.88. The molecule has 110 valence electrons. The van der Waals surface area contributed by atoms with Crippen molar-refractivity contribution in [3.05, 3.63) is 30.1 Å². The quantitative estimate of drug-likeness (QED) is 0.909. The summed E-state index contributed by atoms with van der Waals surface area (Å²) in [6.07, 6.45) is 1.41. The van der Waals surface area contributed by atoms with Crippen LogP contribution in [0.2, 0.25) is 0 Å². The monoisotopic (exact) mass is 300 g/mol. The van der Waals surface area contributed by atoms with Gasteiger partial charge in [-0.1, -0.05) is 6.07 Å². The second-order valence-electron chi connectivity index (χ2n) is 4.88. The first kappa shape index (κ1) is 14.9. The molecule has 1 aliphatic heterocycles. The summed E-state index contributed by atoms with van der Waals surface area (Å²) in [5.74, 6) is -0.665. The van der Waals surface area contributed by atoms with Crippen LogP contribution in [0.4, 0.5) is 4.39 Å². The lowest BCUT2D eigenvalue weighted by molar-refractivity contribution is -0.130. The number of hydrogen-bond donors (Lipinski definition) is 1. The van der Waals surface area contributed by atoms with Gasteiger partial charge in [-0.2, -0.15) is 0 Å². The number of sulfonamides is 1. The maximum atomic E-state index is 13.1. The zero-order valence-corrected chi connectivity index (χ0v) is 12.0. The highest BCUT2D eigenvalue weighted by Crippen LogP contribution is 2.15. The highest BCUT2D eigenvalue weighted by molar-refractivity contribution is 7.89. The second-order valence-corrected chi connectivity index (χ2v) is 6.60. The van der Waals surface area contributed by atoms with Crippen LogP contribution in [0.5, 0.6) is 0 Å². The number of halogens is 1. The van der Waals surface area contributed by atoms with Crippen LogP contribution in [-0.4, -0.2) is 38.4 Å². The minimum Gasteiger partial charge on any atom is -0.341 e. The molecule has 1 fully saturated rings. The molecule has 2 rings (SSSR count). The molecular weight excluding hydrogens is 283 g/mol. The SMILES string of the molecule is CC(=O)N1CCCC(NS(=O)(=O)c2cccc(F)c2)C1. The lowest BCUT2D eigenvalue weighted by Gasteiger charge is -2.32. The summed E-state index contributed by atoms with van der Waals surface area (Å²) in [7, 11) is -3.76. The Morgan fingerprint density at radius 2 is 2.20 bits per heavy atom. The topological polar surface area (TPSA) is 66.5 Å². The fourth-order valence-electron chi connectivity index (χ4n) is 2.28. The van der Waals surface area contributed by atoms with E-state index in [2.05, 4.69) is 4.72 Å². The molecule has 0 saturated carbocycles. The molecular formula is C13H17FN2O3S. The molecule has 5 nitrogen and oxygen atoms in total. The number of carbonyl (C=O) groups excluding carboxylic acids is 1. The van der Waals surface area contributed by atoms with Crippen molar-refractivity contribution < 1.29 is 17.6 Å². The molecule has 7 heteroatoms. The predicted molar refractivity (Wildman–Crippen MR) is 72.0 cm³/mol. The first-order valence-corrected chi connectivity index (χ1v) is 7.90. The van der Waals surface area contributed by atoms with Gasteiger partial charge in [0, 0.05) is 26.1 Å². The molecule has 0 radical (unpaired) electrons. The molecule has 1 aliphatic rings. The van der Waals surface area contributed by atoms with Crippen molar-refractivity contribution in [1.82, 2.24) is 9.62 Å². The molecule has 1 atom stereocenters. The number of benzene rings is 1. The van der Waals surface area contributed by atoms with E-state index in [1.807, 2.05) is 0 Å². The number of hydrogen-bond acceptors (Lipinski definition) is 3. The van der Waals surface area contributed by atoms with Gasteiger partial charge in [0.05, 0.1) is 4.90 Å². The van der Waals surface area contributed by atoms with E-state index in [0.29, 0.717) is 19.5 Å². The van der Waals surface area contributed by atoms with E-state index in [4.69, 9.17) is 0 Å². The van der Waals surface area contributed by atoms with Crippen LogP contribution >= 0.6 is 0 Å². The molecule has 20 heavy (non-hydrogen) atoms. The molecule has 0 aliphatic carbocycles. The van der Waals surface area contributed by atoms with Gasteiger partial charge in [0.15, 0.2) is 0 Å². The van der Waals surface area contributed by atoms with Crippen molar-refractivity contribution in [2.45, 2.75) is 30.7 Å². The van der Waals surface area contributed by atoms with E-state index in [0.717, 1.165) is 12.5 Å². The van der Waals surface area contributed by atoms with E-state index in [1.165, 1.54) is 25.1 Å². The van der Waals surface area contributed by atoms with Gasteiger partial charge in [-0.05, 0) is 31.0 Å². The summed E-state index contributed by atoms with van der Waals surface area (Å²) in [5.41, 5.74) is 0. The Kier molecular flexibility index (Phi) is 4.39. The predicted octanol–water partition coefficient (Wildman–Crippen LogP) is 1.11. The van der Waals surface area contributed by atoms with Gasteiger partial charge < -0.3 is 4.90 Å². The number of nitrogens with zero attached hydrogens (tertiary/aromatic N) is 1. The highest BCUT2D eigenvalue weighted by atomic mass is 32.2. The number of piperidine rings is 1. The van der Waals surface area contributed by atoms with Crippen molar-refractivity contribution in [3.8, 4) is 0 Å². The van der Waals surface area contributed by atoms with Crippen molar-refractivity contribution in [1.29, 1.82) is 0 Å². The lowest BCUT2D eigenvalue weighted by Crippen LogP contribution is -2.48. The zero-order valence-electron chi connectivity index (χ0n) is 11.2. The van der Waals surface area contributed by atoms with Gasteiger partial charge in [0.25, 0.3) is 0 Å². The van der Waals surface area contributed by atoms with E-state index < -0.39 is 15.8 Å². The number of likely N-dealkylation sites (tertiary alicyclic amines) is 1. The summed E-state index contributed by atoms with van der Waals surface area (Å²) in [6, 6.07) is 4.54. The van der Waals surface area contributed by atoms with Crippen molar-refractivity contribution in [2.24, 2.45) is 0 Å². The van der Waals surface area contributed by atoms with Gasteiger partial charge >= 0.3 is 0 Å². The Morgan fingerprint density at radius 1 is 1.45 bits per heavy atom. The van der Waals surface area contributed by atoms with Crippen LogP contribution in [0.1, 0.15) is 19.8 Å². The molecule has 0 bridgehead atoms. The van der Waals surface area contributed by atoms with Crippen LogP contribution < -0.4 is 4.72 Å². The van der Waals surface area contributed by atoms with Gasteiger partial charge in [-0.3, -0.25) is 4.79 Å². The van der Waals surface area contributed by atoms with E-state index in [1.54, 1.807) is 4.90 Å². The van der Waals surface area contributed by atoms with Gasteiger partial charge in [-0.15, -0.1) is 0 Å². The third-order valence-corrected chi connectivity index (χ3v) is 4.81.